The van der Waals surface area contributed by atoms with E-state index in [4.69, 9.17) is 30.7 Å². The minimum atomic E-state index is -0.106. The van der Waals surface area contributed by atoms with E-state index in [2.05, 4.69) is 58.5 Å². The summed E-state index contributed by atoms with van der Waals surface area (Å²) in [7, 11) is 9.63. The number of nitrogens with zero attached hydrogens (tertiary/aromatic N) is 3. The molecule has 0 saturated carbocycles. The molecule has 2 aromatic carbocycles. The van der Waals surface area contributed by atoms with Crippen molar-refractivity contribution >= 4 is 42.0 Å². The summed E-state index contributed by atoms with van der Waals surface area (Å²) in [5, 5.41) is 4.59. The molecule has 0 aliphatic carbocycles. The van der Waals surface area contributed by atoms with E-state index in [1.807, 2.05) is 48.6 Å². The number of allylic oxidation sites excluding steroid dienone is 2. The van der Waals surface area contributed by atoms with Gasteiger partial charge >= 0.3 is 35.0 Å². The van der Waals surface area contributed by atoms with Crippen LogP contribution >= 0.6 is 30.7 Å². The molecule has 0 amide bonds. The molecule has 0 N–H and O–H groups in total. The van der Waals surface area contributed by atoms with Crippen molar-refractivity contribution in [1.29, 1.82) is 0 Å². The van der Waals surface area contributed by atoms with Gasteiger partial charge < -0.3 is 15.1 Å². The van der Waals surface area contributed by atoms with E-state index in [1.165, 1.54) is 11.4 Å². The fourth-order valence-electron chi connectivity index (χ4n) is 2.27. The number of halogens is 3. The van der Waals surface area contributed by atoms with Crippen LogP contribution in [0.1, 0.15) is 0 Å². The Morgan fingerprint density at radius 2 is 1.33 bits per heavy atom. The topological polar surface area (TPSA) is 20.6 Å². The number of anilines is 2. The van der Waals surface area contributed by atoms with E-state index >= 15 is 0 Å². The van der Waals surface area contributed by atoms with E-state index in [1.54, 1.807) is 6.20 Å². The van der Waals surface area contributed by atoms with Gasteiger partial charge in [-0.25, -0.2) is 0 Å². The summed E-state index contributed by atoms with van der Waals surface area (Å²) < 4.78 is 0. The number of hydrogen-bond donors (Lipinski definition) is 0. The predicted molar refractivity (Wildman–Crippen MR) is 114 cm³/mol. The van der Waals surface area contributed by atoms with E-state index in [0.717, 1.165) is 6.54 Å². The zero-order valence-electron chi connectivity index (χ0n) is 14.2. The Balaban J connectivity index is 0.000000218. The molecule has 0 saturated heterocycles. The summed E-state index contributed by atoms with van der Waals surface area (Å²) in [6.45, 7) is 2.85. The van der Waals surface area contributed by atoms with Gasteiger partial charge in [0, 0.05) is 16.4 Å². The van der Waals surface area contributed by atoms with Crippen LogP contribution in [0.15, 0.2) is 96.4 Å². The molecule has 0 unspecified atom stereocenters. The summed E-state index contributed by atoms with van der Waals surface area (Å²) in [6, 6.07) is 20.6. The van der Waals surface area contributed by atoms with Gasteiger partial charge in [0.05, 0.1) is 0 Å². The molecule has 146 valence electrons. The van der Waals surface area contributed by atoms with E-state index < -0.39 is 0 Å². The fraction of sp³-hybridized carbons (Fsp3) is 0.0500. The van der Waals surface area contributed by atoms with E-state index in [-0.39, 0.29) is 15.9 Å². The first kappa shape index (κ1) is 21.9. The molecule has 0 aromatic heterocycles. The van der Waals surface area contributed by atoms with Crippen molar-refractivity contribution in [3.05, 3.63) is 108 Å². The first-order valence-electron chi connectivity index (χ1n) is 7.96. The quantitative estimate of drug-likeness (QED) is 0.319. The van der Waals surface area contributed by atoms with Crippen LogP contribution < -0.4 is 9.80 Å². The van der Waals surface area contributed by atoms with Crippen molar-refractivity contribution in [3.63, 3.8) is 0 Å². The van der Waals surface area contributed by atoms with Crippen LogP contribution in [0.3, 0.4) is 0 Å². The molecule has 27 heavy (non-hydrogen) atoms. The molecule has 2 aliphatic heterocycles. The average molecular weight is 513 g/mol. The van der Waals surface area contributed by atoms with Crippen LogP contribution in [0.25, 0.3) is 5.32 Å². The van der Waals surface area contributed by atoms with Crippen molar-refractivity contribution in [1.82, 2.24) is 0 Å². The van der Waals surface area contributed by atoms with Gasteiger partial charge in [-0.15, -0.1) is 19.3 Å². The van der Waals surface area contributed by atoms with Crippen molar-refractivity contribution < 1.29 is 15.9 Å². The van der Waals surface area contributed by atoms with Crippen LogP contribution in [-0.2, 0) is 15.9 Å². The van der Waals surface area contributed by atoms with Gasteiger partial charge in [0.15, 0.2) is 0 Å². The van der Waals surface area contributed by atoms with Crippen LogP contribution in [0, 0.1) is 6.67 Å². The third kappa shape index (κ3) is 8.01. The number of para-hydroxylation sites is 2. The van der Waals surface area contributed by atoms with Gasteiger partial charge in [0.2, 0.25) is 0 Å². The summed E-state index contributed by atoms with van der Waals surface area (Å²) >= 11 is 5.39. The van der Waals surface area contributed by atoms with Gasteiger partial charge in [-0.2, -0.15) is 6.20 Å². The maximum absolute atomic E-state index is 5.50. The van der Waals surface area contributed by atoms with Crippen LogP contribution in [0.5, 0.6) is 0 Å². The average Bonchev–Trinajstić information content (AvgIpc) is 3.21. The molecule has 7 heteroatoms. The zero-order valence-corrected chi connectivity index (χ0v) is 18.1. The molecule has 0 spiro atoms. The monoisotopic (exact) mass is 511 g/mol. The molecule has 2 aromatic rings. The summed E-state index contributed by atoms with van der Waals surface area (Å²) in [6.07, 6.45) is 9.53. The van der Waals surface area contributed by atoms with Gasteiger partial charge in [-0.05, 0) is 36.7 Å². The molecule has 0 fully saturated rings. The van der Waals surface area contributed by atoms with Crippen molar-refractivity contribution in [3.8, 4) is 0 Å². The van der Waals surface area contributed by atoms with Gasteiger partial charge in [-0.3, -0.25) is 0 Å². The molecule has 2 heterocycles. The fourth-order valence-corrected chi connectivity index (χ4v) is 2.43. The number of hydrogen-bond acceptors (Lipinski definition) is 2. The molecular weight excluding hydrogens is 495 g/mol. The van der Waals surface area contributed by atoms with E-state index in [0.29, 0.717) is 5.03 Å². The predicted octanol–water partition coefficient (Wildman–Crippen LogP) is 6.99. The second kappa shape index (κ2) is 12.9. The summed E-state index contributed by atoms with van der Waals surface area (Å²) in [5.41, 5.74) is 2.34. The van der Waals surface area contributed by atoms with Crippen LogP contribution in [0.4, 0.5) is 11.4 Å². The molecule has 0 atom stereocenters. The Hall–Kier alpha value is -1.41. The molecule has 3 nitrogen and oxygen atoms in total. The minimum absolute atomic E-state index is 0.106. The normalized spacial score (nSPS) is 14.6. The van der Waals surface area contributed by atoms with Crippen molar-refractivity contribution in [2.75, 3.05) is 16.3 Å². The van der Waals surface area contributed by atoms with Gasteiger partial charge in [0.1, 0.15) is 0 Å². The third-order valence-corrected chi connectivity index (χ3v) is 3.67. The zero-order chi connectivity index (χ0) is 19.3. The second-order valence-electron chi connectivity index (χ2n) is 5.23. The van der Waals surface area contributed by atoms with E-state index in [9.17, 15) is 0 Å². The Labute approximate surface area is 182 Å². The number of benzene rings is 2. The Morgan fingerprint density at radius 1 is 0.852 bits per heavy atom. The van der Waals surface area contributed by atoms with Gasteiger partial charge in [0.25, 0.3) is 0 Å². The Kier molecular flexibility index (Phi) is 10.4. The third-order valence-electron chi connectivity index (χ3n) is 3.45. The Morgan fingerprint density at radius 3 is 1.67 bits per heavy atom. The maximum atomic E-state index is 5.50. The molecule has 0 radical (unpaired) electrons. The molecular formula is C20H18Cl3N3Pd-2. The molecule has 0 bridgehead atoms. The summed E-state index contributed by atoms with van der Waals surface area (Å²) in [4.78, 5) is 4.21. The van der Waals surface area contributed by atoms with Crippen molar-refractivity contribution in [2.24, 2.45) is 0 Å². The summed E-state index contributed by atoms with van der Waals surface area (Å²) in [5.74, 6) is 0. The van der Waals surface area contributed by atoms with Gasteiger partial charge in [-0.1, -0.05) is 54.1 Å². The second-order valence-corrected chi connectivity index (χ2v) is 8.02. The van der Waals surface area contributed by atoms with Crippen LogP contribution in [0.2, 0.25) is 0 Å². The molecule has 2 aliphatic rings. The standard InChI is InChI=1S/C15H13N2.C5H5ClN.2ClH.Pd/c1-3-7-14(8-4-1)16-11-12-17(13-16)15-9-5-2-6-10-15;6-5-2-1-3-7-4-5;;;/h1-13H;1-2,4H,3H2;2*1H;/q2*-1;;;+2/p-2. The first-order chi connectivity index (χ1) is 13.2. The first-order valence-corrected chi connectivity index (χ1v) is 12.3. The van der Waals surface area contributed by atoms with Crippen LogP contribution in [-0.4, -0.2) is 6.54 Å². The SMILES string of the molecule is C1=CN(c2ccccc2)[CH-]N1c1ccccc1.ClC1=C[N-]CC=C1.[Cl][Pd][Cl]. The Bertz CT molecular complexity index is 704. The number of rotatable bonds is 2. The molecule has 4 rings (SSSR count). The van der Waals surface area contributed by atoms with Crippen molar-refractivity contribution in [2.45, 2.75) is 0 Å².